The molecule has 1 amide bonds. The average Bonchev–Trinajstić information content (AvgIpc) is 3.60. The maximum absolute atomic E-state index is 14.7. The number of aromatic nitrogens is 7. The van der Waals surface area contributed by atoms with Crippen LogP contribution in [0.3, 0.4) is 0 Å². The van der Waals surface area contributed by atoms with Gasteiger partial charge in [0.1, 0.15) is 17.0 Å². The van der Waals surface area contributed by atoms with Gasteiger partial charge >= 0.3 is 0 Å². The lowest BCUT2D eigenvalue weighted by atomic mass is 10.0. The highest BCUT2D eigenvalue weighted by Gasteiger charge is 2.18. The van der Waals surface area contributed by atoms with E-state index in [0.29, 0.717) is 58.2 Å². The number of carbonyl (C=O) groups is 1. The molecule has 218 valence electrons. The number of hydrogen-bond donors (Lipinski definition) is 4. The molecule has 6 rings (SSSR count). The molecule has 43 heavy (non-hydrogen) atoms. The maximum Gasteiger partial charge on any atom is 0.224 e. The van der Waals surface area contributed by atoms with Crippen molar-refractivity contribution < 1.29 is 9.18 Å². The molecule has 0 aliphatic carbocycles. The molecule has 0 bridgehead atoms. The van der Waals surface area contributed by atoms with Crippen molar-refractivity contribution in [2.75, 3.05) is 37.8 Å². The standard InChI is InChI=1S/C31H31FN10O/c1-4-5-26(43)37-23-12-19(15-33-17-23)20-13-25-28(40-41-29(25)36-16-20)31-38-27-24(6-7-35-30(27)39-31)18-10-21(32)14-22(11-18)34-8-9-42(2)3/h6-7,10-17,34H,4-5,8-9H2,1-3H3,(H,37,43)(H,35,38,39)(H,36,40,41). The summed E-state index contributed by atoms with van der Waals surface area (Å²) in [6.07, 6.45) is 7.94. The van der Waals surface area contributed by atoms with E-state index in [1.807, 2.05) is 45.3 Å². The molecule has 5 heterocycles. The molecule has 1 aromatic carbocycles. The second-order valence-corrected chi connectivity index (χ2v) is 10.6. The van der Waals surface area contributed by atoms with Crippen molar-refractivity contribution in [3.8, 4) is 33.8 Å². The molecular formula is C31H31FN10O. The number of amides is 1. The monoisotopic (exact) mass is 578 g/mol. The van der Waals surface area contributed by atoms with Gasteiger partial charge in [-0.1, -0.05) is 6.92 Å². The summed E-state index contributed by atoms with van der Waals surface area (Å²) in [5.74, 6) is 0.102. The summed E-state index contributed by atoms with van der Waals surface area (Å²) >= 11 is 0. The largest absolute Gasteiger partial charge is 0.384 e. The van der Waals surface area contributed by atoms with Crippen molar-refractivity contribution in [3.63, 3.8) is 0 Å². The number of carbonyl (C=O) groups excluding carboxylic acids is 1. The van der Waals surface area contributed by atoms with Gasteiger partial charge in [-0.15, -0.1) is 0 Å². The quantitative estimate of drug-likeness (QED) is 0.168. The Kier molecular flexibility index (Phi) is 7.75. The first-order valence-electron chi connectivity index (χ1n) is 14.0. The Hall–Kier alpha value is -5.23. The SMILES string of the molecule is CCCC(=O)Nc1cncc(-c2cnc3[nH]nc(-c4nc5c(-c6cc(F)cc(NCCN(C)C)c6)ccnc5[nH]4)c3c2)c1. The van der Waals surface area contributed by atoms with Crippen LogP contribution in [0, 0.1) is 5.82 Å². The molecule has 0 saturated carbocycles. The number of nitrogens with one attached hydrogen (secondary N) is 4. The van der Waals surface area contributed by atoms with Crippen molar-refractivity contribution in [3.05, 3.63) is 67.0 Å². The predicted octanol–water partition coefficient (Wildman–Crippen LogP) is 5.48. The van der Waals surface area contributed by atoms with Gasteiger partial charge < -0.3 is 20.5 Å². The summed E-state index contributed by atoms with van der Waals surface area (Å²) in [6, 6.07) is 10.5. The van der Waals surface area contributed by atoms with Crippen LogP contribution in [0.25, 0.3) is 56.0 Å². The van der Waals surface area contributed by atoms with E-state index in [1.165, 1.54) is 12.1 Å². The summed E-state index contributed by atoms with van der Waals surface area (Å²) in [4.78, 5) is 35.6. The first kappa shape index (κ1) is 27.9. The number of halogens is 1. The van der Waals surface area contributed by atoms with Crippen LogP contribution in [0.4, 0.5) is 15.8 Å². The van der Waals surface area contributed by atoms with Crippen LogP contribution in [0.5, 0.6) is 0 Å². The number of likely N-dealkylation sites (N-methyl/N-ethyl adjacent to an activating group) is 1. The molecule has 0 radical (unpaired) electrons. The molecular weight excluding hydrogens is 547 g/mol. The molecule has 11 nitrogen and oxygen atoms in total. The van der Waals surface area contributed by atoms with Crippen LogP contribution in [-0.2, 0) is 4.79 Å². The van der Waals surface area contributed by atoms with Crippen LogP contribution in [0.15, 0.2) is 61.2 Å². The topological polar surface area (TPSA) is 140 Å². The van der Waals surface area contributed by atoms with Gasteiger partial charge in [-0.3, -0.25) is 14.9 Å². The van der Waals surface area contributed by atoms with Crippen molar-refractivity contribution in [1.29, 1.82) is 0 Å². The number of aromatic amines is 2. The van der Waals surface area contributed by atoms with Crippen LogP contribution in [0.2, 0.25) is 0 Å². The minimum absolute atomic E-state index is 0.0555. The lowest BCUT2D eigenvalue weighted by molar-refractivity contribution is -0.116. The van der Waals surface area contributed by atoms with E-state index in [2.05, 4.69) is 45.7 Å². The number of fused-ring (bicyclic) bond motifs is 2. The molecule has 0 aliphatic rings. The number of nitrogens with zero attached hydrogens (tertiary/aromatic N) is 6. The molecule has 6 aromatic rings. The summed E-state index contributed by atoms with van der Waals surface area (Å²) in [6.45, 7) is 3.46. The van der Waals surface area contributed by atoms with E-state index in [4.69, 9.17) is 4.98 Å². The van der Waals surface area contributed by atoms with Gasteiger partial charge in [-0.05, 0) is 62.5 Å². The van der Waals surface area contributed by atoms with Crippen LogP contribution < -0.4 is 10.6 Å². The zero-order valence-corrected chi connectivity index (χ0v) is 24.1. The van der Waals surface area contributed by atoms with E-state index < -0.39 is 0 Å². The van der Waals surface area contributed by atoms with Gasteiger partial charge in [-0.25, -0.2) is 19.3 Å². The maximum atomic E-state index is 14.7. The molecule has 12 heteroatoms. The molecule has 0 saturated heterocycles. The van der Waals surface area contributed by atoms with Crippen LogP contribution >= 0.6 is 0 Å². The lowest BCUT2D eigenvalue weighted by Gasteiger charge is -2.12. The third-order valence-corrected chi connectivity index (χ3v) is 6.95. The van der Waals surface area contributed by atoms with Crippen molar-refractivity contribution in [2.45, 2.75) is 19.8 Å². The number of rotatable bonds is 10. The Bertz CT molecular complexity index is 1930. The lowest BCUT2D eigenvalue weighted by Crippen LogP contribution is -2.20. The van der Waals surface area contributed by atoms with E-state index in [0.717, 1.165) is 35.0 Å². The van der Waals surface area contributed by atoms with Gasteiger partial charge in [0.2, 0.25) is 5.91 Å². The Morgan fingerprint density at radius 3 is 2.65 bits per heavy atom. The molecule has 5 aromatic heterocycles. The Morgan fingerprint density at radius 2 is 1.81 bits per heavy atom. The fraction of sp³-hybridized carbons (Fsp3) is 0.226. The number of pyridine rings is 3. The van der Waals surface area contributed by atoms with Crippen molar-refractivity contribution >= 4 is 39.5 Å². The van der Waals surface area contributed by atoms with Gasteiger partial charge in [0.05, 0.1) is 17.3 Å². The van der Waals surface area contributed by atoms with E-state index in [-0.39, 0.29) is 11.7 Å². The van der Waals surface area contributed by atoms with Gasteiger partial charge in [0.15, 0.2) is 17.1 Å². The summed E-state index contributed by atoms with van der Waals surface area (Å²) in [7, 11) is 3.98. The zero-order valence-electron chi connectivity index (χ0n) is 24.1. The Labute approximate surface area is 247 Å². The van der Waals surface area contributed by atoms with Crippen LogP contribution in [0.1, 0.15) is 19.8 Å². The summed E-state index contributed by atoms with van der Waals surface area (Å²) < 4.78 is 14.7. The second kappa shape index (κ2) is 11.9. The number of imidazole rings is 1. The molecule has 0 atom stereocenters. The fourth-order valence-electron chi connectivity index (χ4n) is 4.89. The summed E-state index contributed by atoms with van der Waals surface area (Å²) in [5.41, 5.74) is 6.65. The highest BCUT2D eigenvalue weighted by molar-refractivity contribution is 5.96. The third kappa shape index (κ3) is 6.04. The molecule has 0 spiro atoms. The molecule has 0 fully saturated rings. The fourth-order valence-corrected chi connectivity index (χ4v) is 4.89. The predicted molar refractivity (Wildman–Crippen MR) is 166 cm³/mol. The minimum atomic E-state index is -0.342. The van der Waals surface area contributed by atoms with Crippen molar-refractivity contribution in [2.24, 2.45) is 0 Å². The Balaban J connectivity index is 1.35. The van der Waals surface area contributed by atoms with Crippen molar-refractivity contribution in [1.82, 2.24) is 40.0 Å². The number of H-pyrrole nitrogens is 2. The highest BCUT2D eigenvalue weighted by atomic mass is 19.1. The second-order valence-electron chi connectivity index (χ2n) is 10.6. The van der Waals surface area contributed by atoms with Gasteiger partial charge in [-0.2, -0.15) is 5.10 Å². The number of benzene rings is 1. The minimum Gasteiger partial charge on any atom is -0.384 e. The smallest absolute Gasteiger partial charge is 0.224 e. The first-order chi connectivity index (χ1) is 20.9. The van der Waals surface area contributed by atoms with E-state index in [9.17, 15) is 9.18 Å². The highest BCUT2D eigenvalue weighted by Crippen LogP contribution is 2.33. The van der Waals surface area contributed by atoms with E-state index >= 15 is 0 Å². The molecule has 4 N–H and O–H groups in total. The van der Waals surface area contributed by atoms with Gasteiger partial charge in [0, 0.05) is 60.5 Å². The van der Waals surface area contributed by atoms with Gasteiger partial charge in [0.25, 0.3) is 0 Å². The zero-order chi connectivity index (χ0) is 29.9. The number of anilines is 2. The third-order valence-electron chi connectivity index (χ3n) is 6.95. The molecule has 0 aliphatic heterocycles. The number of hydrogen-bond acceptors (Lipinski definition) is 8. The molecule has 0 unspecified atom stereocenters. The van der Waals surface area contributed by atoms with E-state index in [1.54, 1.807) is 24.8 Å². The summed E-state index contributed by atoms with van der Waals surface area (Å²) in [5, 5.41) is 14.4. The average molecular weight is 579 g/mol. The Morgan fingerprint density at radius 1 is 0.977 bits per heavy atom. The first-order valence-corrected chi connectivity index (χ1v) is 14.0. The van der Waals surface area contributed by atoms with Crippen LogP contribution in [-0.4, -0.2) is 73.1 Å². The normalized spacial score (nSPS) is 11.5.